The van der Waals surface area contributed by atoms with Crippen molar-refractivity contribution in [2.75, 3.05) is 26.2 Å². The van der Waals surface area contributed by atoms with Crippen LogP contribution in [-0.4, -0.2) is 36.9 Å². The quantitative estimate of drug-likeness (QED) is 0.444. The first-order valence-corrected chi connectivity index (χ1v) is 4.66. The van der Waals surface area contributed by atoms with Crippen molar-refractivity contribution in [1.82, 2.24) is 4.90 Å². The molecule has 0 saturated carbocycles. The van der Waals surface area contributed by atoms with Crippen LogP contribution in [0.15, 0.2) is 12.3 Å². The van der Waals surface area contributed by atoms with Gasteiger partial charge in [-0.15, -0.1) is 0 Å². The van der Waals surface area contributed by atoms with Gasteiger partial charge in [-0.3, -0.25) is 4.79 Å². The second kappa shape index (κ2) is 6.66. The summed E-state index contributed by atoms with van der Waals surface area (Å²) in [5, 5.41) is 0. The Morgan fingerprint density at radius 1 is 1.38 bits per heavy atom. The first-order chi connectivity index (χ1) is 6.11. The molecule has 0 aromatic carbocycles. The molecule has 3 heteroatoms. The number of Topliss-reactive ketones (excluding diaryl/α,β-unsaturated/α-hetero) is 1. The van der Waals surface area contributed by atoms with Crippen LogP contribution in [0.1, 0.15) is 20.8 Å². The maximum Gasteiger partial charge on any atom is 0.193 e. The zero-order valence-corrected chi connectivity index (χ0v) is 8.80. The number of hydrogen-bond acceptors (Lipinski definition) is 3. The minimum absolute atomic E-state index is 0.0976. The van der Waals surface area contributed by atoms with Gasteiger partial charge < -0.3 is 9.64 Å². The molecule has 0 heterocycles. The lowest BCUT2D eigenvalue weighted by Crippen LogP contribution is -2.27. The minimum atomic E-state index is -0.0976. The predicted octanol–water partition coefficient (Wildman–Crippen LogP) is 1.45. The molecule has 0 aliphatic carbocycles. The van der Waals surface area contributed by atoms with E-state index >= 15 is 0 Å². The summed E-state index contributed by atoms with van der Waals surface area (Å²) in [6.07, 6.45) is 0. The van der Waals surface area contributed by atoms with E-state index in [2.05, 4.69) is 25.3 Å². The molecule has 0 aliphatic rings. The van der Waals surface area contributed by atoms with E-state index in [-0.39, 0.29) is 11.5 Å². The van der Waals surface area contributed by atoms with Gasteiger partial charge in [0.25, 0.3) is 0 Å². The smallest absolute Gasteiger partial charge is 0.193 e. The molecule has 0 atom stereocenters. The average molecular weight is 185 g/mol. The molecule has 0 saturated heterocycles. The highest BCUT2D eigenvalue weighted by molar-refractivity contribution is 5.90. The van der Waals surface area contributed by atoms with Crippen molar-refractivity contribution in [1.29, 1.82) is 0 Å². The van der Waals surface area contributed by atoms with Gasteiger partial charge in [0.05, 0.1) is 0 Å². The largest absolute Gasteiger partial charge is 0.489 e. The van der Waals surface area contributed by atoms with Crippen molar-refractivity contribution in [2.24, 2.45) is 0 Å². The van der Waals surface area contributed by atoms with Gasteiger partial charge in [0, 0.05) is 13.5 Å². The monoisotopic (exact) mass is 185 g/mol. The highest BCUT2D eigenvalue weighted by atomic mass is 16.5. The zero-order valence-electron chi connectivity index (χ0n) is 8.80. The normalized spacial score (nSPS) is 10.2. The fourth-order valence-electron chi connectivity index (χ4n) is 0.939. The van der Waals surface area contributed by atoms with Gasteiger partial charge in [0.15, 0.2) is 11.5 Å². The minimum Gasteiger partial charge on any atom is -0.489 e. The summed E-state index contributed by atoms with van der Waals surface area (Å²) >= 11 is 0. The van der Waals surface area contributed by atoms with Crippen molar-refractivity contribution in [3.8, 4) is 0 Å². The van der Waals surface area contributed by atoms with Gasteiger partial charge in [-0.05, 0) is 13.1 Å². The lowest BCUT2D eigenvalue weighted by molar-refractivity contribution is -0.116. The van der Waals surface area contributed by atoms with Crippen LogP contribution in [-0.2, 0) is 9.53 Å². The third kappa shape index (κ3) is 5.42. The fraction of sp³-hybridized carbons (Fsp3) is 0.700. The van der Waals surface area contributed by atoms with Crippen molar-refractivity contribution in [3.63, 3.8) is 0 Å². The maximum atomic E-state index is 10.7. The maximum absolute atomic E-state index is 10.7. The zero-order chi connectivity index (χ0) is 10.3. The summed E-state index contributed by atoms with van der Waals surface area (Å²) in [4.78, 5) is 12.9. The highest BCUT2D eigenvalue weighted by Gasteiger charge is 2.02. The Kier molecular flexibility index (Phi) is 6.24. The summed E-state index contributed by atoms with van der Waals surface area (Å²) in [7, 11) is 0. The van der Waals surface area contributed by atoms with Crippen LogP contribution in [0.5, 0.6) is 0 Å². The van der Waals surface area contributed by atoms with Gasteiger partial charge in [-0.25, -0.2) is 0 Å². The Balaban J connectivity index is 3.54. The van der Waals surface area contributed by atoms with Gasteiger partial charge in [0.2, 0.25) is 0 Å². The third-order valence-electron chi connectivity index (χ3n) is 1.97. The van der Waals surface area contributed by atoms with E-state index in [4.69, 9.17) is 4.74 Å². The molecule has 3 nitrogen and oxygen atoms in total. The van der Waals surface area contributed by atoms with E-state index in [1.165, 1.54) is 6.92 Å². The molecular formula is C10H19NO2. The lowest BCUT2D eigenvalue weighted by Gasteiger charge is -2.17. The predicted molar refractivity (Wildman–Crippen MR) is 53.6 cm³/mol. The number of ketones is 1. The van der Waals surface area contributed by atoms with Gasteiger partial charge in [0.1, 0.15) is 6.61 Å². The first kappa shape index (κ1) is 12.2. The number of carbonyl (C=O) groups excluding carboxylic acids is 1. The van der Waals surface area contributed by atoms with E-state index in [0.29, 0.717) is 6.61 Å². The Hall–Kier alpha value is -0.830. The second-order valence-electron chi connectivity index (χ2n) is 2.85. The molecule has 0 spiro atoms. The van der Waals surface area contributed by atoms with E-state index in [0.717, 1.165) is 19.6 Å². The van der Waals surface area contributed by atoms with Gasteiger partial charge in [-0.2, -0.15) is 0 Å². The summed E-state index contributed by atoms with van der Waals surface area (Å²) in [6.45, 7) is 12.6. The molecule has 0 radical (unpaired) electrons. The van der Waals surface area contributed by atoms with Crippen LogP contribution in [0.25, 0.3) is 0 Å². The van der Waals surface area contributed by atoms with Crippen molar-refractivity contribution in [3.05, 3.63) is 12.3 Å². The summed E-state index contributed by atoms with van der Waals surface area (Å²) in [6, 6.07) is 0. The molecule has 0 unspecified atom stereocenters. The van der Waals surface area contributed by atoms with E-state index in [1.807, 2.05) is 0 Å². The van der Waals surface area contributed by atoms with E-state index in [1.54, 1.807) is 0 Å². The van der Waals surface area contributed by atoms with Crippen LogP contribution in [0, 0.1) is 0 Å². The first-order valence-electron chi connectivity index (χ1n) is 4.66. The molecule has 76 valence electrons. The Morgan fingerprint density at radius 3 is 2.31 bits per heavy atom. The third-order valence-corrected chi connectivity index (χ3v) is 1.97. The number of rotatable bonds is 7. The Morgan fingerprint density at radius 2 is 1.92 bits per heavy atom. The van der Waals surface area contributed by atoms with Crippen LogP contribution in [0.2, 0.25) is 0 Å². The Labute approximate surface area is 80.4 Å². The number of ether oxygens (including phenoxy) is 1. The molecule has 0 bridgehead atoms. The standard InChI is InChI=1S/C10H19NO2/c1-5-11(6-2)7-8-13-10(4)9(3)12/h4-8H2,1-3H3. The molecule has 0 fully saturated rings. The average Bonchev–Trinajstić information content (AvgIpc) is 2.12. The number of likely N-dealkylation sites (N-methyl/N-ethyl adjacent to an activating group) is 1. The van der Waals surface area contributed by atoms with Crippen molar-refractivity contribution >= 4 is 5.78 Å². The molecular weight excluding hydrogens is 166 g/mol. The molecule has 0 aromatic heterocycles. The van der Waals surface area contributed by atoms with Gasteiger partial charge >= 0.3 is 0 Å². The number of allylic oxidation sites excluding steroid dienone is 1. The molecule has 0 aromatic rings. The molecule has 13 heavy (non-hydrogen) atoms. The number of nitrogens with zero attached hydrogens (tertiary/aromatic N) is 1. The molecule has 0 aliphatic heterocycles. The highest BCUT2D eigenvalue weighted by Crippen LogP contribution is 1.95. The lowest BCUT2D eigenvalue weighted by atomic mass is 10.4. The van der Waals surface area contributed by atoms with Crippen molar-refractivity contribution < 1.29 is 9.53 Å². The molecule has 0 amide bonds. The number of hydrogen-bond donors (Lipinski definition) is 0. The summed E-state index contributed by atoms with van der Waals surface area (Å²) in [5.41, 5.74) is 0. The fourth-order valence-corrected chi connectivity index (χ4v) is 0.939. The van der Waals surface area contributed by atoms with E-state index < -0.39 is 0 Å². The topological polar surface area (TPSA) is 29.5 Å². The van der Waals surface area contributed by atoms with Crippen LogP contribution in [0.4, 0.5) is 0 Å². The van der Waals surface area contributed by atoms with Crippen LogP contribution >= 0.6 is 0 Å². The van der Waals surface area contributed by atoms with E-state index in [9.17, 15) is 4.79 Å². The SMILES string of the molecule is C=C(OCCN(CC)CC)C(C)=O. The Bertz CT molecular complexity index is 174. The molecule has 0 N–H and O–H groups in total. The van der Waals surface area contributed by atoms with Crippen LogP contribution in [0.3, 0.4) is 0 Å². The summed E-state index contributed by atoms with van der Waals surface area (Å²) < 4.78 is 5.15. The summed E-state index contributed by atoms with van der Waals surface area (Å²) in [5.74, 6) is 0.159. The molecule has 0 rings (SSSR count). The van der Waals surface area contributed by atoms with Gasteiger partial charge in [-0.1, -0.05) is 20.4 Å². The second-order valence-corrected chi connectivity index (χ2v) is 2.85. The van der Waals surface area contributed by atoms with Crippen molar-refractivity contribution in [2.45, 2.75) is 20.8 Å². The number of carbonyl (C=O) groups is 1. The van der Waals surface area contributed by atoms with Crippen LogP contribution < -0.4 is 0 Å².